The molecule has 5 nitrogen and oxygen atoms in total. The Morgan fingerprint density at radius 2 is 2.22 bits per heavy atom. The van der Waals surface area contributed by atoms with Crippen LogP contribution in [0.15, 0.2) is 18.2 Å². The molecule has 0 aliphatic rings. The Hall–Kier alpha value is -1.53. The summed E-state index contributed by atoms with van der Waals surface area (Å²) in [5, 5.41) is 19.3. The first-order chi connectivity index (χ1) is 8.51. The van der Waals surface area contributed by atoms with Crippen LogP contribution in [0.5, 0.6) is 0 Å². The lowest BCUT2D eigenvalue weighted by Crippen LogP contribution is -2.17. The van der Waals surface area contributed by atoms with Gasteiger partial charge in [-0.25, -0.2) is 4.39 Å². The SMILES string of the molecule is O=C(CCl)C(CCO)c1ccc([N+](=O)[O-])cc1F. The molecule has 1 rings (SSSR count). The second-order valence-electron chi connectivity index (χ2n) is 3.63. The minimum absolute atomic E-state index is 0.0142. The van der Waals surface area contributed by atoms with Gasteiger partial charge in [0, 0.05) is 18.6 Å². The molecule has 1 aromatic rings. The number of nitro benzene ring substituents is 1. The van der Waals surface area contributed by atoms with Gasteiger partial charge in [-0.1, -0.05) is 0 Å². The highest BCUT2D eigenvalue weighted by Crippen LogP contribution is 2.26. The number of hydrogen-bond acceptors (Lipinski definition) is 4. The van der Waals surface area contributed by atoms with Crippen molar-refractivity contribution in [3.63, 3.8) is 0 Å². The van der Waals surface area contributed by atoms with Gasteiger partial charge in [-0.15, -0.1) is 11.6 Å². The van der Waals surface area contributed by atoms with E-state index >= 15 is 0 Å². The molecule has 0 spiro atoms. The van der Waals surface area contributed by atoms with E-state index in [0.29, 0.717) is 0 Å². The summed E-state index contributed by atoms with van der Waals surface area (Å²) in [6.07, 6.45) is 0.0281. The van der Waals surface area contributed by atoms with Gasteiger partial charge >= 0.3 is 0 Å². The van der Waals surface area contributed by atoms with Gasteiger partial charge in [0.15, 0.2) is 5.78 Å². The molecular weight excluding hydrogens is 265 g/mol. The van der Waals surface area contributed by atoms with Crippen LogP contribution in [-0.2, 0) is 4.79 Å². The van der Waals surface area contributed by atoms with Crippen molar-refractivity contribution in [2.45, 2.75) is 12.3 Å². The number of aliphatic hydroxyl groups excluding tert-OH is 1. The van der Waals surface area contributed by atoms with Gasteiger partial charge in [0.1, 0.15) is 5.82 Å². The molecule has 18 heavy (non-hydrogen) atoms. The van der Waals surface area contributed by atoms with Gasteiger partial charge in [-0.05, 0) is 18.1 Å². The molecule has 0 fully saturated rings. The number of nitrogens with zero attached hydrogens (tertiary/aromatic N) is 1. The number of alkyl halides is 1. The standard InChI is InChI=1S/C11H11ClFNO4/c12-6-11(16)9(3-4-15)8-2-1-7(14(17)18)5-10(8)13/h1-2,5,9,15H,3-4,6H2. The Morgan fingerprint density at radius 3 is 2.67 bits per heavy atom. The second-order valence-corrected chi connectivity index (χ2v) is 3.89. The van der Waals surface area contributed by atoms with Crippen molar-refractivity contribution in [3.8, 4) is 0 Å². The molecule has 0 radical (unpaired) electrons. The average Bonchev–Trinajstić information content (AvgIpc) is 2.35. The normalized spacial score (nSPS) is 12.2. The molecular formula is C11H11ClFNO4. The van der Waals surface area contributed by atoms with Gasteiger partial charge in [-0.2, -0.15) is 0 Å². The van der Waals surface area contributed by atoms with Crippen molar-refractivity contribution in [1.82, 2.24) is 0 Å². The summed E-state index contributed by atoms with van der Waals surface area (Å²) >= 11 is 5.40. The molecule has 98 valence electrons. The maximum Gasteiger partial charge on any atom is 0.272 e. The predicted octanol–water partition coefficient (Wildman–Crippen LogP) is 2.01. The van der Waals surface area contributed by atoms with Gasteiger partial charge in [0.2, 0.25) is 0 Å². The Labute approximate surface area is 107 Å². The summed E-state index contributed by atoms with van der Waals surface area (Å²) < 4.78 is 13.7. The zero-order valence-electron chi connectivity index (χ0n) is 9.31. The highest BCUT2D eigenvalue weighted by atomic mass is 35.5. The lowest BCUT2D eigenvalue weighted by molar-refractivity contribution is -0.385. The molecule has 0 aromatic heterocycles. The van der Waals surface area contributed by atoms with Crippen molar-refractivity contribution >= 4 is 23.1 Å². The van der Waals surface area contributed by atoms with Crippen LogP contribution in [0.4, 0.5) is 10.1 Å². The first kappa shape index (κ1) is 14.5. The van der Waals surface area contributed by atoms with Gasteiger partial charge < -0.3 is 5.11 Å². The molecule has 1 unspecified atom stereocenters. The number of carbonyl (C=O) groups is 1. The summed E-state index contributed by atoms with van der Waals surface area (Å²) in [6.45, 7) is -0.302. The van der Waals surface area contributed by atoms with Crippen LogP contribution in [0.3, 0.4) is 0 Å². The van der Waals surface area contributed by atoms with Crippen LogP contribution in [0.25, 0.3) is 0 Å². The van der Waals surface area contributed by atoms with Crippen molar-refractivity contribution < 1.29 is 19.2 Å². The molecule has 0 saturated heterocycles. The molecule has 1 atom stereocenters. The fourth-order valence-corrected chi connectivity index (χ4v) is 1.81. The fraction of sp³-hybridized carbons (Fsp3) is 0.364. The monoisotopic (exact) mass is 275 g/mol. The first-order valence-corrected chi connectivity index (χ1v) is 5.68. The quantitative estimate of drug-likeness (QED) is 0.489. The summed E-state index contributed by atoms with van der Waals surface area (Å²) in [7, 11) is 0. The van der Waals surface area contributed by atoms with E-state index in [9.17, 15) is 19.3 Å². The Bertz CT molecular complexity index is 466. The van der Waals surface area contributed by atoms with Crippen LogP contribution in [0.2, 0.25) is 0 Å². The smallest absolute Gasteiger partial charge is 0.272 e. The van der Waals surface area contributed by atoms with Crippen LogP contribution in [-0.4, -0.2) is 28.3 Å². The van der Waals surface area contributed by atoms with E-state index in [2.05, 4.69) is 0 Å². The zero-order valence-corrected chi connectivity index (χ0v) is 10.1. The largest absolute Gasteiger partial charge is 0.396 e. The van der Waals surface area contributed by atoms with Crippen LogP contribution in [0, 0.1) is 15.9 Å². The Balaban J connectivity index is 3.13. The lowest BCUT2D eigenvalue weighted by Gasteiger charge is -2.14. The van der Waals surface area contributed by atoms with Crippen molar-refractivity contribution in [3.05, 3.63) is 39.7 Å². The number of hydrogen-bond donors (Lipinski definition) is 1. The van der Waals surface area contributed by atoms with Gasteiger partial charge in [-0.3, -0.25) is 14.9 Å². The maximum absolute atomic E-state index is 13.7. The highest BCUT2D eigenvalue weighted by molar-refractivity contribution is 6.28. The lowest BCUT2D eigenvalue weighted by atomic mass is 9.92. The van der Waals surface area contributed by atoms with Crippen molar-refractivity contribution in [2.24, 2.45) is 0 Å². The molecule has 0 aliphatic heterocycles. The van der Waals surface area contributed by atoms with Crippen LogP contribution >= 0.6 is 11.6 Å². The second kappa shape index (κ2) is 6.42. The molecule has 0 bridgehead atoms. The minimum Gasteiger partial charge on any atom is -0.396 e. The Morgan fingerprint density at radius 1 is 1.56 bits per heavy atom. The van der Waals surface area contributed by atoms with E-state index in [1.165, 1.54) is 6.07 Å². The summed E-state index contributed by atoms with van der Waals surface area (Å²) in [6, 6.07) is 3.05. The number of Topliss-reactive ketones (excluding diaryl/α,β-unsaturated/α-hetero) is 1. The zero-order chi connectivity index (χ0) is 13.7. The first-order valence-electron chi connectivity index (χ1n) is 5.14. The van der Waals surface area contributed by atoms with Crippen molar-refractivity contribution in [2.75, 3.05) is 12.5 Å². The van der Waals surface area contributed by atoms with Crippen molar-refractivity contribution in [1.29, 1.82) is 0 Å². The third-order valence-electron chi connectivity index (χ3n) is 2.51. The summed E-state index contributed by atoms with van der Waals surface area (Å²) in [4.78, 5) is 21.3. The van der Waals surface area contributed by atoms with Crippen LogP contribution < -0.4 is 0 Å². The average molecular weight is 276 g/mol. The number of ketones is 1. The van der Waals surface area contributed by atoms with Gasteiger partial charge in [0.05, 0.1) is 16.9 Å². The van der Waals surface area contributed by atoms with E-state index in [1.807, 2.05) is 0 Å². The van der Waals surface area contributed by atoms with E-state index in [1.54, 1.807) is 0 Å². The number of non-ortho nitro benzene ring substituents is 1. The number of nitro groups is 1. The number of rotatable bonds is 6. The number of benzene rings is 1. The highest BCUT2D eigenvalue weighted by Gasteiger charge is 2.23. The molecule has 0 heterocycles. The number of carbonyl (C=O) groups excluding carboxylic acids is 1. The number of halogens is 2. The summed E-state index contributed by atoms with van der Waals surface area (Å²) in [5.41, 5.74) is -0.377. The Kier molecular flexibility index (Phi) is 5.18. The van der Waals surface area contributed by atoms with Crippen LogP contribution in [0.1, 0.15) is 17.9 Å². The fourth-order valence-electron chi connectivity index (χ4n) is 1.62. The molecule has 0 saturated carbocycles. The van der Waals surface area contributed by atoms with E-state index in [4.69, 9.17) is 16.7 Å². The third-order valence-corrected chi connectivity index (χ3v) is 2.77. The molecule has 0 amide bonds. The predicted molar refractivity (Wildman–Crippen MR) is 63.2 cm³/mol. The third kappa shape index (κ3) is 3.24. The maximum atomic E-state index is 13.7. The van der Waals surface area contributed by atoms with E-state index in [-0.39, 0.29) is 24.5 Å². The van der Waals surface area contributed by atoms with E-state index in [0.717, 1.165) is 12.1 Å². The molecule has 0 aliphatic carbocycles. The molecule has 1 aromatic carbocycles. The molecule has 1 N–H and O–H groups in total. The minimum atomic E-state index is -0.881. The summed E-state index contributed by atoms with van der Waals surface area (Å²) in [5.74, 6) is -2.46. The number of aliphatic hydroxyl groups is 1. The van der Waals surface area contributed by atoms with Gasteiger partial charge in [0.25, 0.3) is 5.69 Å². The van der Waals surface area contributed by atoms with E-state index < -0.39 is 28.1 Å². The molecule has 7 heteroatoms. The topological polar surface area (TPSA) is 80.4 Å².